The Morgan fingerprint density at radius 3 is 2.38 bits per heavy atom. The van der Waals surface area contributed by atoms with Crippen molar-refractivity contribution in [3.8, 4) is 0 Å². The number of sulfonamides is 1. The van der Waals surface area contributed by atoms with Crippen LogP contribution in [-0.4, -0.2) is 45.0 Å². The molecule has 1 fully saturated rings. The molecule has 0 bridgehead atoms. The Hall–Kier alpha value is -1.93. The molecule has 1 aliphatic heterocycles. The molecule has 1 heterocycles. The predicted molar refractivity (Wildman–Crippen MR) is 96.6 cm³/mol. The van der Waals surface area contributed by atoms with Gasteiger partial charge in [0.15, 0.2) is 0 Å². The number of hydrogen-bond acceptors (Lipinski definition) is 5. The summed E-state index contributed by atoms with van der Waals surface area (Å²) in [4.78, 5) is 12.3. The Morgan fingerprint density at radius 1 is 1.08 bits per heavy atom. The molecule has 1 saturated heterocycles. The van der Waals surface area contributed by atoms with Crippen LogP contribution in [0.2, 0.25) is 5.02 Å². The maximum absolute atomic E-state index is 12.6. The van der Waals surface area contributed by atoms with E-state index in [2.05, 4.69) is 0 Å². The van der Waals surface area contributed by atoms with E-state index in [1.807, 2.05) is 0 Å². The molecule has 2 aromatic carbocycles. The standard InChI is InChI=1S/C18H18ClNO5S/c19-17-4-2-1-3-15(17)13-25-18(21)14-5-7-16(8-6-14)26(22,23)20-9-11-24-12-10-20/h1-8H,9-13H2. The van der Waals surface area contributed by atoms with Crippen LogP contribution in [0.3, 0.4) is 0 Å². The molecule has 26 heavy (non-hydrogen) atoms. The first kappa shape index (κ1) is 18.8. The first-order valence-corrected chi connectivity index (χ1v) is 9.89. The molecule has 0 amide bonds. The summed E-state index contributed by atoms with van der Waals surface area (Å²) in [6.07, 6.45) is 0. The van der Waals surface area contributed by atoms with E-state index >= 15 is 0 Å². The number of nitrogens with zero attached hydrogens (tertiary/aromatic N) is 1. The van der Waals surface area contributed by atoms with E-state index < -0.39 is 16.0 Å². The Labute approximate surface area is 157 Å². The third kappa shape index (κ3) is 4.24. The van der Waals surface area contributed by atoms with Crippen molar-refractivity contribution in [2.75, 3.05) is 26.3 Å². The van der Waals surface area contributed by atoms with Crippen LogP contribution in [-0.2, 0) is 26.1 Å². The SMILES string of the molecule is O=C(OCc1ccccc1Cl)c1ccc(S(=O)(=O)N2CCOCC2)cc1. The number of ether oxygens (including phenoxy) is 2. The van der Waals surface area contributed by atoms with Crippen molar-refractivity contribution >= 4 is 27.6 Å². The molecule has 138 valence electrons. The molecular formula is C18H18ClNO5S. The summed E-state index contributed by atoms with van der Waals surface area (Å²) in [5.74, 6) is -0.541. The minimum atomic E-state index is -3.58. The second-order valence-corrected chi connectivity index (χ2v) is 8.05. The Morgan fingerprint density at radius 2 is 1.73 bits per heavy atom. The second-order valence-electron chi connectivity index (χ2n) is 5.71. The fourth-order valence-corrected chi connectivity index (χ4v) is 4.14. The van der Waals surface area contributed by atoms with Crippen LogP contribution in [0.5, 0.6) is 0 Å². The third-order valence-electron chi connectivity index (χ3n) is 4.01. The molecule has 3 rings (SSSR count). The minimum absolute atomic E-state index is 0.0480. The fraction of sp³-hybridized carbons (Fsp3) is 0.278. The number of rotatable bonds is 5. The van der Waals surface area contributed by atoms with Crippen molar-refractivity contribution in [1.29, 1.82) is 0 Å². The van der Waals surface area contributed by atoms with Gasteiger partial charge in [0.1, 0.15) is 6.61 Å². The van der Waals surface area contributed by atoms with Gasteiger partial charge in [0.25, 0.3) is 0 Å². The largest absolute Gasteiger partial charge is 0.457 e. The van der Waals surface area contributed by atoms with Crippen molar-refractivity contribution in [2.45, 2.75) is 11.5 Å². The molecule has 6 nitrogen and oxygen atoms in total. The van der Waals surface area contributed by atoms with Crippen molar-refractivity contribution < 1.29 is 22.7 Å². The van der Waals surface area contributed by atoms with Gasteiger partial charge in [-0.15, -0.1) is 0 Å². The van der Waals surface area contributed by atoms with Crippen molar-refractivity contribution in [3.05, 3.63) is 64.7 Å². The van der Waals surface area contributed by atoms with E-state index in [1.54, 1.807) is 24.3 Å². The summed E-state index contributed by atoms with van der Waals surface area (Å²) in [6.45, 7) is 1.46. The van der Waals surface area contributed by atoms with Gasteiger partial charge in [-0.3, -0.25) is 0 Å². The van der Waals surface area contributed by atoms with Crippen molar-refractivity contribution in [2.24, 2.45) is 0 Å². The summed E-state index contributed by atoms with van der Waals surface area (Å²) in [5, 5.41) is 0.521. The Balaban J connectivity index is 1.67. The second kappa shape index (κ2) is 8.18. The quantitative estimate of drug-likeness (QED) is 0.728. The molecule has 0 aromatic heterocycles. The number of halogens is 1. The number of morpholine rings is 1. The van der Waals surface area contributed by atoms with Gasteiger partial charge in [-0.1, -0.05) is 29.8 Å². The van der Waals surface area contributed by atoms with Gasteiger partial charge in [0, 0.05) is 23.7 Å². The fourth-order valence-electron chi connectivity index (χ4n) is 2.54. The van der Waals surface area contributed by atoms with E-state index in [-0.39, 0.29) is 17.1 Å². The zero-order chi connectivity index (χ0) is 18.6. The van der Waals surface area contributed by atoms with E-state index in [0.29, 0.717) is 36.9 Å². The normalized spacial score (nSPS) is 15.6. The molecule has 0 saturated carbocycles. The summed E-state index contributed by atoms with van der Waals surface area (Å²) in [6, 6.07) is 12.8. The van der Waals surface area contributed by atoms with Gasteiger partial charge >= 0.3 is 5.97 Å². The monoisotopic (exact) mass is 395 g/mol. The molecule has 1 aliphatic rings. The van der Waals surface area contributed by atoms with Gasteiger partial charge in [-0.05, 0) is 30.3 Å². The van der Waals surface area contributed by atoms with Crippen LogP contribution >= 0.6 is 11.6 Å². The third-order valence-corrected chi connectivity index (χ3v) is 6.30. The van der Waals surface area contributed by atoms with Crippen LogP contribution in [0.1, 0.15) is 15.9 Å². The van der Waals surface area contributed by atoms with Crippen molar-refractivity contribution in [1.82, 2.24) is 4.31 Å². The number of carbonyl (C=O) groups excluding carboxylic acids is 1. The van der Waals surface area contributed by atoms with Gasteiger partial charge in [-0.25, -0.2) is 13.2 Å². The average Bonchev–Trinajstić information content (AvgIpc) is 2.68. The van der Waals surface area contributed by atoms with E-state index in [0.717, 1.165) is 0 Å². The lowest BCUT2D eigenvalue weighted by molar-refractivity contribution is 0.0472. The number of esters is 1. The van der Waals surface area contributed by atoms with E-state index in [4.69, 9.17) is 21.1 Å². The Kier molecular flexibility index (Phi) is 5.93. The van der Waals surface area contributed by atoms with Crippen LogP contribution < -0.4 is 0 Å². The lowest BCUT2D eigenvalue weighted by atomic mass is 10.2. The lowest BCUT2D eigenvalue weighted by Gasteiger charge is -2.26. The van der Waals surface area contributed by atoms with Crippen LogP contribution in [0.15, 0.2) is 53.4 Å². The number of carbonyl (C=O) groups is 1. The maximum atomic E-state index is 12.6. The van der Waals surface area contributed by atoms with Gasteiger partial charge in [0.05, 0.1) is 23.7 Å². The number of benzene rings is 2. The van der Waals surface area contributed by atoms with Crippen LogP contribution in [0.25, 0.3) is 0 Å². The smallest absolute Gasteiger partial charge is 0.338 e. The van der Waals surface area contributed by atoms with E-state index in [9.17, 15) is 13.2 Å². The lowest BCUT2D eigenvalue weighted by Crippen LogP contribution is -2.40. The average molecular weight is 396 g/mol. The topological polar surface area (TPSA) is 72.9 Å². The van der Waals surface area contributed by atoms with E-state index in [1.165, 1.54) is 28.6 Å². The summed E-state index contributed by atoms with van der Waals surface area (Å²) < 4.78 is 36.9. The first-order valence-electron chi connectivity index (χ1n) is 8.07. The molecular weight excluding hydrogens is 378 g/mol. The molecule has 0 N–H and O–H groups in total. The summed E-state index contributed by atoms with van der Waals surface area (Å²) in [5.41, 5.74) is 0.979. The van der Waals surface area contributed by atoms with Gasteiger partial charge < -0.3 is 9.47 Å². The van der Waals surface area contributed by atoms with Crippen LogP contribution in [0.4, 0.5) is 0 Å². The predicted octanol–water partition coefficient (Wildman–Crippen LogP) is 2.72. The van der Waals surface area contributed by atoms with Crippen molar-refractivity contribution in [3.63, 3.8) is 0 Å². The Bertz CT molecular complexity index is 877. The molecule has 0 radical (unpaired) electrons. The molecule has 0 aliphatic carbocycles. The number of hydrogen-bond donors (Lipinski definition) is 0. The summed E-state index contributed by atoms with van der Waals surface area (Å²) >= 11 is 6.03. The highest BCUT2D eigenvalue weighted by atomic mass is 35.5. The zero-order valence-corrected chi connectivity index (χ0v) is 15.5. The first-order chi connectivity index (χ1) is 12.5. The highest BCUT2D eigenvalue weighted by molar-refractivity contribution is 7.89. The molecule has 2 aromatic rings. The van der Waals surface area contributed by atoms with Gasteiger partial charge in [0.2, 0.25) is 10.0 Å². The van der Waals surface area contributed by atoms with Crippen LogP contribution in [0, 0.1) is 0 Å². The maximum Gasteiger partial charge on any atom is 0.338 e. The highest BCUT2D eigenvalue weighted by Gasteiger charge is 2.26. The molecule has 8 heteroatoms. The molecule has 0 spiro atoms. The molecule has 0 unspecified atom stereocenters. The zero-order valence-electron chi connectivity index (χ0n) is 13.9. The van der Waals surface area contributed by atoms with Gasteiger partial charge in [-0.2, -0.15) is 4.31 Å². The molecule has 0 atom stereocenters. The highest BCUT2D eigenvalue weighted by Crippen LogP contribution is 2.19. The summed E-state index contributed by atoms with van der Waals surface area (Å²) in [7, 11) is -3.58. The minimum Gasteiger partial charge on any atom is -0.457 e.